The van der Waals surface area contributed by atoms with E-state index < -0.39 is 11.6 Å². The molecule has 0 bridgehead atoms. The fraction of sp³-hybridized carbons (Fsp3) is 0.231. The zero-order chi connectivity index (χ0) is 14.5. The van der Waals surface area contributed by atoms with Gasteiger partial charge in [-0.05, 0) is 25.3 Å². The first-order valence-electron chi connectivity index (χ1n) is 5.92. The molecule has 106 valence electrons. The van der Waals surface area contributed by atoms with Crippen LogP contribution in [0.5, 0.6) is 11.6 Å². The van der Waals surface area contributed by atoms with Gasteiger partial charge in [0.1, 0.15) is 11.6 Å². The predicted octanol–water partition coefficient (Wildman–Crippen LogP) is 3.70. The molecule has 1 heterocycles. The molecule has 0 fully saturated rings. The van der Waals surface area contributed by atoms with Gasteiger partial charge in [-0.2, -0.15) is 4.98 Å². The standard InChI is InChI=1S/C13H13F2N3OS/c1-3-16-11-7-12(18-13(17-11)20-2)19-8-4-5-9(14)10(15)6-8/h4-7H,3H2,1-2H3,(H,16,17,18). The molecule has 2 aromatic rings. The molecule has 0 saturated carbocycles. The van der Waals surface area contributed by atoms with Gasteiger partial charge in [0, 0.05) is 18.7 Å². The highest BCUT2D eigenvalue weighted by Gasteiger charge is 2.08. The van der Waals surface area contributed by atoms with Crippen molar-refractivity contribution in [3.05, 3.63) is 35.9 Å². The molecule has 0 unspecified atom stereocenters. The molecule has 0 aliphatic carbocycles. The van der Waals surface area contributed by atoms with E-state index in [-0.39, 0.29) is 11.6 Å². The zero-order valence-electron chi connectivity index (χ0n) is 11.0. The summed E-state index contributed by atoms with van der Waals surface area (Å²) in [5.41, 5.74) is 0. The van der Waals surface area contributed by atoms with Gasteiger partial charge in [0.25, 0.3) is 0 Å². The smallest absolute Gasteiger partial charge is 0.225 e. The van der Waals surface area contributed by atoms with E-state index in [1.807, 2.05) is 13.2 Å². The van der Waals surface area contributed by atoms with Crippen LogP contribution in [0.1, 0.15) is 6.92 Å². The third kappa shape index (κ3) is 3.57. The molecule has 1 aromatic carbocycles. The number of halogens is 2. The van der Waals surface area contributed by atoms with Crippen LogP contribution >= 0.6 is 11.8 Å². The van der Waals surface area contributed by atoms with Crippen LogP contribution in [0.2, 0.25) is 0 Å². The molecule has 2 rings (SSSR count). The largest absolute Gasteiger partial charge is 0.439 e. The van der Waals surface area contributed by atoms with E-state index in [1.54, 1.807) is 6.07 Å². The van der Waals surface area contributed by atoms with Gasteiger partial charge in [0.05, 0.1) is 0 Å². The lowest BCUT2D eigenvalue weighted by atomic mass is 10.3. The van der Waals surface area contributed by atoms with Crippen molar-refractivity contribution in [2.45, 2.75) is 12.1 Å². The Bertz CT molecular complexity index is 610. The second-order valence-electron chi connectivity index (χ2n) is 3.79. The summed E-state index contributed by atoms with van der Waals surface area (Å²) in [7, 11) is 0. The Morgan fingerprint density at radius 1 is 1.20 bits per heavy atom. The zero-order valence-corrected chi connectivity index (χ0v) is 11.8. The van der Waals surface area contributed by atoms with Crippen molar-refractivity contribution in [1.82, 2.24) is 9.97 Å². The minimum absolute atomic E-state index is 0.178. The van der Waals surface area contributed by atoms with Crippen molar-refractivity contribution in [2.75, 3.05) is 18.1 Å². The van der Waals surface area contributed by atoms with Crippen molar-refractivity contribution < 1.29 is 13.5 Å². The minimum atomic E-state index is -0.964. The van der Waals surface area contributed by atoms with Gasteiger partial charge >= 0.3 is 0 Å². The molecule has 0 saturated heterocycles. The molecule has 20 heavy (non-hydrogen) atoms. The molecule has 0 spiro atoms. The number of hydrogen-bond acceptors (Lipinski definition) is 5. The number of aromatic nitrogens is 2. The summed E-state index contributed by atoms with van der Waals surface area (Å²) in [6, 6.07) is 4.92. The first-order chi connectivity index (χ1) is 9.62. The van der Waals surface area contributed by atoms with Crippen LogP contribution in [0.15, 0.2) is 29.4 Å². The summed E-state index contributed by atoms with van der Waals surface area (Å²) >= 11 is 1.36. The average Bonchev–Trinajstić information content (AvgIpc) is 2.43. The second kappa shape index (κ2) is 6.51. The van der Waals surface area contributed by atoms with Gasteiger partial charge in [-0.3, -0.25) is 0 Å². The van der Waals surface area contributed by atoms with Crippen molar-refractivity contribution in [2.24, 2.45) is 0 Å². The number of anilines is 1. The van der Waals surface area contributed by atoms with Gasteiger partial charge in [0.15, 0.2) is 16.8 Å². The van der Waals surface area contributed by atoms with Crippen LogP contribution in [-0.2, 0) is 0 Å². The van der Waals surface area contributed by atoms with Crippen molar-refractivity contribution in [3.8, 4) is 11.6 Å². The van der Waals surface area contributed by atoms with Crippen LogP contribution in [0.25, 0.3) is 0 Å². The van der Waals surface area contributed by atoms with Crippen molar-refractivity contribution in [1.29, 1.82) is 0 Å². The van der Waals surface area contributed by atoms with Crippen LogP contribution in [0, 0.1) is 11.6 Å². The second-order valence-corrected chi connectivity index (χ2v) is 4.56. The quantitative estimate of drug-likeness (QED) is 0.673. The Kier molecular flexibility index (Phi) is 4.73. The molecule has 1 N–H and O–H groups in total. The normalized spacial score (nSPS) is 10.4. The highest BCUT2D eigenvalue weighted by molar-refractivity contribution is 7.98. The van der Waals surface area contributed by atoms with Crippen LogP contribution < -0.4 is 10.1 Å². The molecular formula is C13H13F2N3OS. The Morgan fingerprint density at radius 2 is 2.00 bits per heavy atom. The summed E-state index contributed by atoms with van der Waals surface area (Å²) in [6.45, 7) is 2.65. The maximum atomic E-state index is 13.1. The SMILES string of the molecule is CCNc1cc(Oc2ccc(F)c(F)c2)nc(SC)n1. The van der Waals surface area contributed by atoms with Crippen LogP contribution in [0.3, 0.4) is 0 Å². The van der Waals surface area contributed by atoms with E-state index in [9.17, 15) is 8.78 Å². The van der Waals surface area contributed by atoms with Crippen LogP contribution in [0.4, 0.5) is 14.6 Å². The summed E-state index contributed by atoms with van der Waals surface area (Å²) in [5, 5.41) is 3.58. The van der Waals surface area contributed by atoms with Gasteiger partial charge < -0.3 is 10.1 Å². The Morgan fingerprint density at radius 3 is 2.65 bits per heavy atom. The van der Waals surface area contributed by atoms with Crippen LogP contribution in [-0.4, -0.2) is 22.8 Å². The molecule has 7 heteroatoms. The van der Waals surface area contributed by atoms with Crippen molar-refractivity contribution >= 4 is 17.6 Å². The average molecular weight is 297 g/mol. The van der Waals surface area contributed by atoms with Gasteiger partial charge in [-0.15, -0.1) is 0 Å². The Balaban J connectivity index is 2.27. The number of nitrogens with zero attached hydrogens (tertiary/aromatic N) is 2. The summed E-state index contributed by atoms with van der Waals surface area (Å²) in [5.74, 6) is -0.820. The molecule has 0 radical (unpaired) electrons. The first kappa shape index (κ1) is 14.5. The lowest BCUT2D eigenvalue weighted by molar-refractivity contribution is 0.442. The minimum Gasteiger partial charge on any atom is -0.439 e. The fourth-order valence-electron chi connectivity index (χ4n) is 1.48. The first-order valence-corrected chi connectivity index (χ1v) is 7.14. The summed E-state index contributed by atoms with van der Waals surface area (Å²) in [4.78, 5) is 8.40. The number of nitrogens with one attached hydrogen (secondary N) is 1. The Hall–Kier alpha value is -1.89. The molecule has 1 aromatic heterocycles. The van der Waals surface area contributed by atoms with Gasteiger partial charge in [0.2, 0.25) is 5.88 Å². The summed E-state index contributed by atoms with van der Waals surface area (Å²) in [6.07, 6.45) is 1.84. The third-order valence-corrected chi connectivity index (χ3v) is 2.88. The number of benzene rings is 1. The predicted molar refractivity (Wildman–Crippen MR) is 74.4 cm³/mol. The highest BCUT2D eigenvalue weighted by atomic mass is 32.2. The highest BCUT2D eigenvalue weighted by Crippen LogP contribution is 2.25. The third-order valence-electron chi connectivity index (χ3n) is 2.34. The number of ether oxygens (including phenoxy) is 1. The number of thioether (sulfide) groups is 1. The van der Waals surface area contributed by atoms with Crippen molar-refractivity contribution in [3.63, 3.8) is 0 Å². The molecular weight excluding hydrogens is 284 g/mol. The van der Waals surface area contributed by atoms with Gasteiger partial charge in [-0.1, -0.05) is 11.8 Å². The maximum absolute atomic E-state index is 13.1. The number of hydrogen-bond donors (Lipinski definition) is 1. The topological polar surface area (TPSA) is 47.0 Å². The van der Waals surface area contributed by atoms with Gasteiger partial charge in [-0.25, -0.2) is 13.8 Å². The van der Waals surface area contributed by atoms with E-state index in [0.29, 0.717) is 17.5 Å². The van der Waals surface area contributed by atoms with E-state index in [2.05, 4.69) is 15.3 Å². The lowest BCUT2D eigenvalue weighted by Crippen LogP contribution is -2.02. The maximum Gasteiger partial charge on any atom is 0.225 e. The molecule has 0 amide bonds. The molecule has 0 aliphatic heterocycles. The van der Waals surface area contributed by atoms with E-state index in [1.165, 1.54) is 17.8 Å². The van der Waals surface area contributed by atoms with E-state index in [0.717, 1.165) is 12.1 Å². The Labute approximate surface area is 119 Å². The monoisotopic (exact) mass is 297 g/mol. The molecule has 4 nitrogen and oxygen atoms in total. The van der Waals surface area contributed by atoms with E-state index >= 15 is 0 Å². The van der Waals surface area contributed by atoms with E-state index in [4.69, 9.17) is 4.74 Å². The fourth-order valence-corrected chi connectivity index (χ4v) is 1.85. The summed E-state index contributed by atoms with van der Waals surface area (Å²) < 4.78 is 31.4. The molecule has 0 aliphatic rings. The molecule has 0 atom stereocenters. The lowest BCUT2D eigenvalue weighted by Gasteiger charge is -2.09. The number of rotatable bonds is 5.